The van der Waals surface area contributed by atoms with Gasteiger partial charge in [0, 0.05) is 5.82 Å². The zero-order chi connectivity index (χ0) is 11.9. The molecule has 0 aliphatic heterocycles. The maximum absolute atomic E-state index is 5.69. The Bertz CT molecular complexity index is 415. The molecule has 0 aromatic heterocycles. The van der Waals surface area contributed by atoms with Crippen molar-refractivity contribution in [3.05, 3.63) is 73.1 Å². The van der Waals surface area contributed by atoms with E-state index in [9.17, 15) is 0 Å². The van der Waals surface area contributed by atoms with E-state index in [0.29, 0.717) is 0 Å². The van der Waals surface area contributed by atoms with Crippen LogP contribution in [-0.4, -0.2) is 0 Å². The van der Waals surface area contributed by atoms with Gasteiger partial charge in [-0.05, 0) is 24.3 Å². The van der Waals surface area contributed by atoms with Crippen LogP contribution in [-0.2, 0) is 0 Å². The first kappa shape index (κ1) is 11.7. The highest BCUT2D eigenvalue weighted by Crippen LogP contribution is 2.40. The van der Waals surface area contributed by atoms with E-state index in [4.69, 9.17) is 9.05 Å². The van der Waals surface area contributed by atoms with E-state index in [1.807, 2.05) is 60.7 Å². The van der Waals surface area contributed by atoms with E-state index in [1.54, 1.807) is 5.82 Å². The van der Waals surface area contributed by atoms with Gasteiger partial charge in [-0.1, -0.05) is 43.0 Å². The van der Waals surface area contributed by atoms with Gasteiger partial charge in [0.15, 0.2) is 0 Å². The Morgan fingerprint density at radius 1 is 0.765 bits per heavy atom. The third kappa shape index (κ3) is 3.61. The molecule has 0 radical (unpaired) electrons. The van der Waals surface area contributed by atoms with Gasteiger partial charge in [-0.15, -0.1) is 0 Å². The molecule has 0 aliphatic carbocycles. The molecule has 17 heavy (non-hydrogen) atoms. The molecule has 0 atom stereocenters. The minimum Gasteiger partial charge on any atom is -0.436 e. The Hall–Kier alpha value is -1.79. The molecule has 3 heteroatoms. The zero-order valence-electron chi connectivity index (χ0n) is 9.32. The van der Waals surface area contributed by atoms with Gasteiger partial charge in [0.05, 0.1) is 0 Å². The standard InChI is InChI=1S/C14H13O2P/c1-2-17(15-13-9-5-3-6-10-13)16-14-11-7-4-8-12-14/h2-12H,1H2. The van der Waals surface area contributed by atoms with Crippen LogP contribution in [0.15, 0.2) is 73.1 Å². The lowest BCUT2D eigenvalue weighted by Crippen LogP contribution is -1.92. The van der Waals surface area contributed by atoms with Crippen molar-refractivity contribution in [2.75, 3.05) is 0 Å². The number of rotatable bonds is 5. The summed E-state index contributed by atoms with van der Waals surface area (Å²) in [6.45, 7) is 3.73. The second-order valence-electron chi connectivity index (χ2n) is 3.28. The minimum absolute atomic E-state index is 0.787. The molecule has 0 bridgehead atoms. The average Bonchev–Trinajstić information content (AvgIpc) is 2.40. The molecule has 0 aliphatic rings. The minimum atomic E-state index is -1.15. The lowest BCUT2D eigenvalue weighted by Gasteiger charge is -2.14. The van der Waals surface area contributed by atoms with Crippen molar-refractivity contribution >= 4 is 8.38 Å². The molecule has 0 saturated carbocycles. The van der Waals surface area contributed by atoms with Gasteiger partial charge in [-0.3, -0.25) is 0 Å². The Morgan fingerprint density at radius 3 is 1.53 bits per heavy atom. The van der Waals surface area contributed by atoms with E-state index >= 15 is 0 Å². The number of hydrogen-bond acceptors (Lipinski definition) is 2. The lowest BCUT2D eigenvalue weighted by molar-refractivity contribution is 0.501. The fraction of sp³-hybridized carbons (Fsp3) is 0. The molecule has 0 unspecified atom stereocenters. The largest absolute Gasteiger partial charge is 0.436 e. The summed E-state index contributed by atoms with van der Waals surface area (Å²) >= 11 is 0. The molecule has 0 heterocycles. The topological polar surface area (TPSA) is 18.5 Å². The molecule has 0 spiro atoms. The summed E-state index contributed by atoms with van der Waals surface area (Å²) in [5.74, 6) is 3.26. The van der Waals surface area contributed by atoms with Crippen LogP contribution in [0.1, 0.15) is 0 Å². The van der Waals surface area contributed by atoms with Gasteiger partial charge in [0.2, 0.25) is 0 Å². The Labute approximate surface area is 102 Å². The third-order valence-corrected chi connectivity index (χ3v) is 3.11. The number of benzene rings is 2. The van der Waals surface area contributed by atoms with Crippen molar-refractivity contribution in [1.82, 2.24) is 0 Å². The molecule has 2 aromatic carbocycles. The normalized spacial score (nSPS) is 9.94. The van der Waals surface area contributed by atoms with Crippen LogP contribution in [0.3, 0.4) is 0 Å². The van der Waals surface area contributed by atoms with Gasteiger partial charge in [0.25, 0.3) is 0 Å². The van der Waals surface area contributed by atoms with Crippen molar-refractivity contribution in [1.29, 1.82) is 0 Å². The molecule has 86 valence electrons. The number of hydrogen-bond donors (Lipinski definition) is 0. The molecular formula is C14H13O2P. The molecular weight excluding hydrogens is 231 g/mol. The first-order valence-electron chi connectivity index (χ1n) is 5.26. The second kappa shape index (κ2) is 6.07. The number of para-hydroxylation sites is 2. The predicted octanol–water partition coefficient (Wildman–Crippen LogP) is 4.60. The van der Waals surface area contributed by atoms with Gasteiger partial charge < -0.3 is 9.05 Å². The van der Waals surface area contributed by atoms with Crippen LogP contribution < -0.4 is 9.05 Å². The Balaban J connectivity index is 2.01. The average molecular weight is 244 g/mol. The van der Waals surface area contributed by atoms with Gasteiger partial charge >= 0.3 is 8.38 Å². The van der Waals surface area contributed by atoms with Crippen LogP contribution in [0, 0.1) is 0 Å². The van der Waals surface area contributed by atoms with Crippen molar-refractivity contribution in [2.45, 2.75) is 0 Å². The van der Waals surface area contributed by atoms with E-state index < -0.39 is 8.38 Å². The van der Waals surface area contributed by atoms with Crippen molar-refractivity contribution < 1.29 is 9.05 Å². The van der Waals surface area contributed by atoms with Crippen LogP contribution in [0.25, 0.3) is 0 Å². The van der Waals surface area contributed by atoms with Crippen molar-refractivity contribution in [3.8, 4) is 11.5 Å². The third-order valence-electron chi connectivity index (χ3n) is 2.03. The predicted molar refractivity (Wildman–Crippen MR) is 71.3 cm³/mol. The summed E-state index contributed by atoms with van der Waals surface area (Å²) in [6, 6.07) is 19.2. The lowest BCUT2D eigenvalue weighted by atomic mass is 10.3. The van der Waals surface area contributed by atoms with E-state index in [-0.39, 0.29) is 0 Å². The van der Waals surface area contributed by atoms with E-state index in [0.717, 1.165) is 11.5 Å². The highest BCUT2D eigenvalue weighted by atomic mass is 31.2. The maximum Gasteiger partial charge on any atom is 0.317 e. The van der Waals surface area contributed by atoms with Crippen molar-refractivity contribution in [3.63, 3.8) is 0 Å². The summed E-state index contributed by atoms with van der Waals surface area (Å²) in [5.41, 5.74) is 0. The van der Waals surface area contributed by atoms with Crippen LogP contribution in [0.4, 0.5) is 0 Å². The highest BCUT2D eigenvalue weighted by molar-refractivity contribution is 7.51. The molecule has 0 saturated heterocycles. The molecule has 0 fully saturated rings. The van der Waals surface area contributed by atoms with Crippen LogP contribution >= 0.6 is 8.38 Å². The smallest absolute Gasteiger partial charge is 0.317 e. The fourth-order valence-corrected chi connectivity index (χ4v) is 2.11. The molecule has 0 amide bonds. The summed E-state index contributed by atoms with van der Waals surface area (Å²) in [6.07, 6.45) is 0. The van der Waals surface area contributed by atoms with Gasteiger partial charge in [-0.25, -0.2) is 0 Å². The molecule has 2 aromatic rings. The van der Waals surface area contributed by atoms with Crippen LogP contribution in [0.2, 0.25) is 0 Å². The Morgan fingerprint density at radius 2 is 1.18 bits per heavy atom. The van der Waals surface area contributed by atoms with Crippen molar-refractivity contribution in [2.24, 2.45) is 0 Å². The first-order valence-corrected chi connectivity index (χ1v) is 6.51. The summed E-state index contributed by atoms with van der Waals surface area (Å²) < 4.78 is 11.4. The SMILES string of the molecule is C=CP(Oc1ccccc1)Oc1ccccc1. The monoisotopic (exact) mass is 244 g/mol. The molecule has 2 rings (SSSR count). The molecule has 0 N–H and O–H groups in total. The highest BCUT2D eigenvalue weighted by Gasteiger charge is 2.09. The van der Waals surface area contributed by atoms with E-state index in [1.165, 1.54) is 0 Å². The van der Waals surface area contributed by atoms with Crippen LogP contribution in [0.5, 0.6) is 11.5 Å². The summed E-state index contributed by atoms with van der Waals surface area (Å²) in [4.78, 5) is 0. The second-order valence-corrected chi connectivity index (χ2v) is 4.58. The first-order chi connectivity index (χ1) is 8.38. The van der Waals surface area contributed by atoms with Gasteiger partial charge in [0.1, 0.15) is 11.5 Å². The maximum atomic E-state index is 5.69. The zero-order valence-corrected chi connectivity index (χ0v) is 10.2. The quantitative estimate of drug-likeness (QED) is 0.715. The molecule has 2 nitrogen and oxygen atoms in total. The van der Waals surface area contributed by atoms with Gasteiger partial charge in [-0.2, -0.15) is 0 Å². The van der Waals surface area contributed by atoms with E-state index in [2.05, 4.69) is 6.58 Å². The summed E-state index contributed by atoms with van der Waals surface area (Å²) in [7, 11) is -1.15. The Kier molecular flexibility index (Phi) is 4.17. The fourth-order valence-electron chi connectivity index (χ4n) is 1.26. The summed E-state index contributed by atoms with van der Waals surface area (Å²) in [5, 5.41) is 0.